The first kappa shape index (κ1) is 11.6. The summed E-state index contributed by atoms with van der Waals surface area (Å²) in [5.41, 5.74) is 6.31. The van der Waals surface area contributed by atoms with Gasteiger partial charge in [-0.25, -0.2) is 0 Å². The van der Waals surface area contributed by atoms with E-state index < -0.39 is 5.54 Å². The fraction of sp³-hybridized carbons (Fsp3) is 0.833. The highest BCUT2D eigenvalue weighted by molar-refractivity contribution is 5.08. The molecule has 0 spiro atoms. The molecule has 0 bridgehead atoms. The SMILES string of the molecule is Cc1nc(C2(N)CC(C)CC(C)(C)C2)no1. The second-order valence-corrected chi connectivity index (χ2v) is 6.15. The fourth-order valence-electron chi connectivity index (χ4n) is 3.31. The molecule has 1 aromatic rings. The normalized spacial score (nSPS) is 33.9. The van der Waals surface area contributed by atoms with Crippen LogP contribution in [0.25, 0.3) is 0 Å². The smallest absolute Gasteiger partial charge is 0.223 e. The molecule has 2 atom stereocenters. The second kappa shape index (κ2) is 3.55. The molecule has 1 heterocycles. The third-order valence-electron chi connectivity index (χ3n) is 3.38. The number of hydrogen-bond donors (Lipinski definition) is 1. The van der Waals surface area contributed by atoms with Crippen molar-refractivity contribution in [1.29, 1.82) is 0 Å². The van der Waals surface area contributed by atoms with E-state index in [9.17, 15) is 0 Å². The highest BCUT2D eigenvalue weighted by atomic mass is 16.5. The lowest BCUT2D eigenvalue weighted by molar-refractivity contribution is 0.0997. The largest absolute Gasteiger partial charge is 0.340 e. The van der Waals surface area contributed by atoms with Gasteiger partial charge in [-0.1, -0.05) is 25.9 Å². The molecule has 0 radical (unpaired) electrons. The van der Waals surface area contributed by atoms with Crippen molar-refractivity contribution in [2.45, 2.75) is 52.5 Å². The van der Waals surface area contributed by atoms with Gasteiger partial charge in [0.05, 0.1) is 5.54 Å². The van der Waals surface area contributed by atoms with E-state index in [4.69, 9.17) is 10.3 Å². The number of aromatic nitrogens is 2. The van der Waals surface area contributed by atoms with Crippen LogP contribution < -0.4 is 5.73 Å². The van der Waals surface area contributed by atoms with Gasteiger partial charge in [-0.05, 0) is 30.6 Å². The summed E-state index contributed by atoms with van der Waals surface area (Å²) in [6, 6.07) is 0. The minimum atomic E-state index is -0.418. The Hall–Kier alpha value is -0.900. The van der Waals surface area contributed by atoms with Crippen LogP contribution in [0.1, 0.15) is 51.7 Å². The molecule has 2 rings (SSSR count). The Bertz CT molecular complexity index is 385. The van der Waals surface area contributed by atoms with Gasteiger partial charge < -0.3 is 10.3 Å². The van der Waals surface area contributed by atoms with Gasteiger partial charge in [0, 0.05) is 6.92 Å². The van der Waals surface area contributed by atoms with Crippen LogP contribution in [0.15, 0.2) is 4.52 Å². The van der Waals surface area contributed by atoms with Gasteiger partial charge in [-0.2, -0.15) is 4.98 Å². The van der Waals surface area contributed by atoms with Crippen LogP contribution in [-0.4, -0.2) is 10.1 Å². The summed E-state index contributed by atoms with van der Waals surface area (Å²) in [6.07, 6.45) is 3.07. The Balaban J connectivity index is 2.30. The molecule has 90 valence electrons. The Morgan fingerprint density at radius 3 is 2.56 bits per heavy atom. The molecule has 4 heteroatoms. The van der Waals surface area contributed by atoms with Crippen LogP contribution in [0.3, 0.4) is 0 Å². The van der Waals surface area contributed by atoms with E-state index in [0.29, 0.717) is 17.6 Å². The van der Waals surface area contributed by atoms with E-state index in [-0.39, 0.29) is 5.41 Å². The number of hydrogen-bond acceptors (Lipinski definition) is 4. The molecule has 1 aliphatic rings. The van der Waals surface area contributed by atoms with Crippen LogP contribution in [0.4, 0.5) is 0 Å². The van der Waals surface area contributed by atoms with E-state index in [0.717, 1.165) is 12.8 Å². The maximum atomic E-state index is 6.47. The van der Waals surface area contributed by atoms with Crippen LogP contribution in [0.5, 0.6) is 0 Å². The van der Waals surface area contributed by atoms with Gasteiger partial charge in [0.25, 0.3) is 0 Å². The zero-order valence-electron chi connectivity index (χ0n) is 10.6. The molecule has 16 heavy (non-hydrogen) atoms. The minimum absolute atomic E-state index is 0.251. The monoisotopic (exact) mass is 223 g/mol. The molecule has 0 aromatic carbocycles. The maximum Gasteiger partial charge on any atom is 0.223 e. The molecular formula is C12H21N3O. The van der Waals surface area contributed by atoms with E-state index in [1.807, 2.05) is 0 Å². The van der Waals surface area contributed by atoms with Crippen molar-refractivity contribution in [2.24, 2.45) is 17.1 Å². The summed E-state index contributed by atoms with van der Waals surface area (Å²) in [5.74, 6) is 1.87. The van der Waals surface area contributed by atoms with Crippen LogP contribution >= 0.6 is 0 Å². The van der Waals surface area contributed by atoms with Gasteiger partial charge in [0.2, 0.25) is 5.89 Å². The van der Waals surface area contributed by atoms with Crippen molar-refractivity contribution in [3.63, 3.8) is 0 Å². The van der Waals surface area contributed by atoms with Crippen LogP contribution in [0.2, 0.25) is 0 Å². The van der Waals surface area contributed by atoms with Gasteiger partial charge >= 0.3 is 0 Å². The van der Waals surface area contributed by atoms with Gasteiger partial charge in [-0.15, -0.1) is 0 Å². The third-order valence-corrected chi connectivity index (χ3v) is 3.38. The lowest BCUT2D eigenvalue weighted by Gasteiger charge is -2.43. The summed E-state index contributed by atoms with van der Waals surface area (Å²) in [6.45, 7) is 8.57. The van der Waals surface area contributed by atoms with Crippen molar-refractivity contribution in [3.05, 3.63) is 11.7 Å². The number of aryl methyl sites for hydroxylation is 1. The third kappa shape index (κ3) is 2.12. The van der Waals surface area contributed by atoms with Gasteiger partial charge in [0.15, 0.2) is 5.82 Å². The van der Waals surface area contributed by atoms with Gasteiger partial charge in [0.1, 0.15) is 0 Å². The Morgan fingerprint density at radius 1 is 1.38 bits per heavy atom. The first-order valence-electron chi connectivity index (χ1n) is 5.90. The van der Waals surface area contributed by atoms with E-state index in [1.54, 1.807) is 6.92 Å². The molecule has 0 aliphatic heterocycles. The molecule has 1 aliphatic carbocycles. The highest BCUT2D eigenvalue weighted by Crippen LogP contribution is 2.46. The summed E-state index contributed by atoms with van der Waals surface area (Å²) in [4.78, 5) is 4.30. The first-order chi connectivity index (χ1) is 7.31. The lowest BCUT2D eigenvalue weighted by atomic mass is 9.64. The Labute approximate surface area is 96.6 Å². The number of nitrogens with zero attached hydrogens (tertiary/aromatic N) is 2. The first-order valence-corrected chi connectivity index (χ1v) is 5.90. The standard InChI is InChI=1S/C12H21N3O/c1-8-5-11(3,4)7-12(13,6-8)10-14-9(2)16-15-10/h8H,5-7,13H2,1-4H3. The van der Waals surface area contributed by atoms with Crippen molar-refractivity contribution >= 4 is 0 Å². The van der Waals surface area contributed by atoms with E-state index in [1.165, 1.54) is 6.42 Å². The summed E-state index contributed by atoms with van der Waals surface area (Å²) in [7, 11) is 0. The highest BCUT2D eigenvalue weighted by Gasteiger charge is 2.44. The second-order valence-electron chi connectivity index (χ2n) is 6.15. The van der Waals surface area contributed by atoms with Crippen molar-refractivity contribution in [2.75, 3.05) is 0 Å². The average molecular weight is 223 g/mol. The summed E-state index contributed by atoms with van der Waals surface area (Å²) < 4.78 is 5.05. The van der Waals surface area contributed by atoms with Crippen LogP contribution in [0, 0.1) is 18.3 Å². The van der Waals surface area contributed by atoms with E-state index in [2.05, 4.69) is 30.9 Å². The molecular weight excluding hydrogens is 202 g/mol. The predicted octanol–water partition coefficient (Wildman–Crippen LogP) is 2.38. The predicted molar refractivity (Wildman–Crippen MR) is 61.7 cm³/mol. The molecule has 2 N–H and O–H groups in total. The number of rotatable bonds is 1. The quantitative estimate of drug-likeness (QED) is 0.793. The minimum Gasteiger partial charge on any atom is -0.340 e. The molecule has 4 nitrogen and oxygen atoms in total. The molecule has 0 amide bonds. The molecule has 1 saturated carbocycles. The van der Waals surface area contributed by atoms with Crippen LogP contribution in [-0.2, 0) is 5.54 Å². The molecule has 2 unspecified atom stereocenters. The lowest BCUT2D eigenvalue weighted by Crippen LogP contribution is -2.47. The Kier molecular flexibility index (Phi) is 2.57. The maximum absolute atomic E-state index is 6.47. The summed E-state index contributed by atoms with van der Waals surface area (Å²) in [5, 5.41) is 4.00. The fourth-order valence-corrected chi connectivity index (χ4v) is 3.31. The number of nitrogens with two attached hydrogens (primary N) is 1. The van der Waals surface area contributed by atoms with Crippen molar-refractivity contribution < 1.29 is 4.52 Å². The molecule has 1 fully saturated rings. The Morgan fingerprint density at radius 2 is 2.06 bits per heavy atom. The van der Waals surface area contributed by atoms with Crippen molar-refractivity contribution in [1.82, 2.24) is 10.1 Å². The van der Waals surface area contributed by atoms with Gasteiger partial charge in [-0.3, -0.25) is 0 Å². The molecule has 0 saturated heterocycles. The van der Waals surface area contributed by atoms with E-state index >= 15 is 0 Å². The zero-order valence-corrected chi connectivity index (χ0v) is 10.6. The van der Waals surface area contributed by atoms with Crippen molar-refractivity contribution in [3.8, 4) is 0 Å². The molecule has 1 aromatic heterocycles. The summed E-state index contributed by atoms with van der Waals surface area (Å²) >= 11 is 0. The zero-order chi connectivity index (χ0) is 12.0. The topological polar surface area (TPSA) is 64.9 Å². The average Bonchev–Trinajstić information content (AvgIpc) is 2.47.